The van der Waals surface area contributed by atoms with Gasteiger partial charge in [0, 0.05) is 22.7 Å². The van der Waals surface area contributed by atoms with Gasteiger partial charge in [0.25, 0.3) is 5.91 Å². The number of nitrogens with zero attached hydrogens (tertiary/aromatic N) is 1. The molecule has 5 nitrogen and oxygen atoms in total. The van der Waals surface area contributed by atoms with E-state index in [9.17, 15) is 33.0 Å². The molecule has 0 aliphatic heterocycles. The molecule has 1 aromatic heterocycles. The van der Waals surface area contributed by atoms with Crippen molar-refractivity contribution in [2.75, 3.05) is 0 Å². The van der Waals surface area contributed by atoms with Gasteiger partial charge in [-0.05, 0) is 37.1 Å². The number of carbonyl (C=O) groups is 2. The average Bonchev–Trinajstić information content (AvgIpc) is 2.95. The number of carboxylic acid groups (broad SMARTS) is 1. The highest BCUT2D eigenvalue weighted by molar-refractivity contribution is 6.05. The van der Waals surface area contributed by atoms with Crippen LogP contribution in [0.25, 0.3) is 10.9 Å². The number of carboxylic acids is 1. The number of phenols is 1. The minimum absolute atomic E-state index is 0.0214. The maximum Gasteiger partial charge on any atom is 0.311 e. The molecule has 29 heavy (non-hydrogen) atoms. The number of aromatic nitrogens is 1. The van der Waals surface area contributed by atoms with Gasteiger partial charge in [-0.1, -0.05) is 19.4 Å². The predicted octanol–water partition coefficient (Wildman–Crippen LogP) is 4.73. The van der Waals surface area contributed by atoms with E-state index in [2.05, 4.69) is 0 Å². The quantitative estimate of drug-likeness (QED) is 0.643. The summed E-state index contributed by atoms with van der Waals surface area (Å²) in [5.74, 6) is -7.76. The van der Waals surface area contributed by atoms with E-state index in [1.54, 1.807) is 6.92 Å². The van der Waals surface area contributed by atoms with E-state index in [1.165, 1.54) is 19.1 Å². The highest BCUT2D eigenvalue weighted by Crippen LogP contribution is 2.40. The Morgan fingerprint density at radius 1 is 1.17 bits per heavy atom. The maximum atomic E-state index is 14.8. The number of fused-ring (bicyclic) bond motifs is 1. The summed E-state index contributed by atoms with van der Waals surface area (Å²) in [6.45, 7) is 3.16. The number of rotatable bonds is 5. The van der Waals surface area contributed by atoms with Gasteiger partial charge in [0.1, 0.15) is 5.82 Å². The monoisotopic (exact) mass is 405 g/mol. The van der Waals surface area contributed by atoms with Gasteiger partial charge in [-0.15, -0.1) is 0 Å². The van der Waals surface area contributed by atoms with Crippen molar-refractivity contribution in [1.82, 2.24) is 4.57 Å². The van der Waals surface area contributed by atoms with Crippen molar-refractivity contribution in [2.45, 2.75) is 32.6 Å². The third-order valence-electron chi connectivity index (χ3n) is 4.91. The van der Waals surface area contributed by atoms with Gasteiger partial charge in [0.2, 0.25) is 0 Å². The zero-order valence-electron chi connectivity index (χ0n) is 15.7. The molecular formula is C21H18F3NO4. The van der Waals surface area contributed by atoms with Gasteiger partial charge in [0.05, 0.1) is 11.4 Å². The molecule has 0 bridgehead atoms. The number of aliphatic carboxylic acids is 1. The molecular weight excluding hydrogens is 387 g/mol. The van der Waals surface area contributed by atoms with Crippen LogP contribution in [0.1, 0.15) is 47.3 Å². The van der Waals surface area contributed by atoms with E-state index in [4.69, 9.17) is 0 Å². The lowest BCUT2D eigenvalue weighted by Gasteiger charge is -2.13. The standard InChI is InChI=1S/C21H18F3NO4/c1-3-5-13(21(28)29)16-10(2)25(20(27)11-6-4-7-12(22)8-11)15-9-14(23)19(26)18(24)17(15)16/h4,6-9,13,26H,3,5H2,1-2H3,(H,28,29)/t13-/m0/s1. The lowest BCUT2D eigenvalue weighted by molar-refractivity contribution is -0.139. The molecule has 1 heterocycles. The zero-order chi connectivity index (χ0) is 21.5. The summed E-state index contributed by atoms with van der Waals surface area (Å²) in [5.41, 5.74) is -0.249. The zero-order valence-corrected chi connectivity index (χ0v) is 15.7. The van der Waals surface area contributed by atoms with Gasteiger partial charge in [0.15, 0.2) is 17.4 Å². The molecule has 3 rings (SSSR count). The molecule has 0 amide bonds. The van der Waals surface area contributed by atoms with Crippen LogP contribution in [-0.4, -0.2) is 26.7 Å². The number of hydrogen-bond donors (Lipinski definition) is 2. The molecule has 0 fully saturated rings. The summed E-state index contributed by atoms with van der Waals surface area (Å²) in [4.78, 5) is 24.9. The molecule has 0 radical (unpaired) electrons. The fourth-order valence-corrected chi connectivity index (χ4v) is 3.63. The first-order chi connectivity index (χ1) is 13.7. The molecule has 8 heteroatoms. The molecule has 3 aromatic rings. The van der Waals surface area contributed by atoms with Crippen LogP contribution in [0.5, 0.6) is 5.75 Å². The largest absolute Gasteiger partial charge is 0.503 e. The van der Waals surface area contributed by atoms with E-state index in [-0.39, 0.29) is 34.1 Å². The fraction of sp³-hybridized carbons (Fsp3) is 0.238. The Morgan fingerprint density at radius 2 is 1.86 bits per heavy atom. The van der Waals surface area contributed by atoms with E-state index in [0.717, 1.165) is 22.8 Å². The Hall–Kier alpha value is -3.29. The van der Waals surface area contributed by atoms with Crippen LogP contribution in [0.3, 0.4) is 0 Å². The molecule has 0 aliphatic rings. The number of benzene rings is 2. The topological polar surface area (TPSA) is 79.5 Å². The second-order valence-electron chi connectivity index (χ2n) is 6.74. The molecule has 0 unspecified atom stereocenters. The summed E-state index contributed by atoms with van der Waals surface area (Å²) in [6, 6.07) is 5.54. The lowest BCUT2D eigenvalue weighted by Crippen LogP contribution is -2.16. The maximum absolute atomic E-state index is 14.8. The van der Waals surface area contributed by atoms with E-state index in [1.807, 2.05) is 0 Å². The summed E-state index contributed by atoms with van der Waals surface area (Å²) in [5, 5.41) is 19.0. The third-order valence-corrected chi connectivity index (χ3v) is 4.91. The van der Waals surface area contributed by atoms with Crippen molar-refractivity contribution in [1.29, 1.82) is 0 Å². The summed E-state index contributed by atoms with van der Waals surface area (Å²) in [7, 11) is 0. The lowest BCUT2D eigenvalue weighted by atomic mass is 9.92. The number of phenolic OH excluding ortho intramolecular Hbond substituents is 1. The SMILES string of the molecule is CCC[C@H](C(=O)O)c1c(C)n(C(=O)c2cccc(F)c2)c2cc(F)c(O)c(F)c12. The van der Waals surface area contributed by atoms with Crippen molar-refractivity contribution >= 4 is 22.8 Å². The molecule has 152 valence electrons. The van der Waals surface area contributed by atoms with Gasteiger partial charge in [-0.2, -0.15) is 0 Å². The van der Waals surface area contributed by atoms with Gasteiger partial charge >= 0.3 is 5.97 Å². The van der Waals surface area contributed by atoms with Crippen molar-refractivity contribution < 1.29 is 33.0 Å². The first-order valence-electron chi connectivity index (χ1n) is 8.93. The smallest absolute Gasteiger partial charge is 0.311 e. The Bertz CT molecular complexity index is 1140. The Balaban J connectivity index is 2.41. The third kappa shape index (κ3) is 3.35. The van der Waals surface area contributed by atoms with Gasteiger partial charge < -0.3 is 10.2 Å². The van der Waals surface area contributed by atoms with Crippen LogP contribution in [0.2, 0.25) is 0 Å². The minimum atomic E-state index is -1.34. The summed E-state index contributed by atoms with van der Waals surface area (Å²) in [6.07, 6.45) is 0.594. The molecule has 2 aromatic carbocycles. The fourth-order valence-electron chi connectivity index (χ4n) is 3.63. The van der Waals surface area contributed by atoms with Crippen molar-refractivity contribution in [2.24, 2.45) is 0 Å². The van der Waals surface area contributed by atoms with Crippen molar-refractivity contribution in [3.63, 3.8) is 0 Å². The number of carbonyl (C=O) groups excluding carboxylic acids is 1. The number of hydrogen-bond acceptors (Lipinski definition) is 3. The normalized spacial score (nSPS) is 12.3. The first kappa shape index (κ1) is 20.4. The molecule has 0 aliphatic carbocycles. The van der Waals surface area contributed by atoms with Crippen LogP contribution in [0, 0.1) is 24.4 Å². The highest BCUT2D eigenvalue weighted by Gasteiger charge is 2.32. The predicted molar refractivity (Wildman–Crippen MR) is 99.7 cm³/mol. The summed E-state index contributed by atoms with van der Waals surface area (Å²) < 4.78 is 43.5. The molecule has 0 saturated carbocycles. The number of aromatic hydroxyl groups is 1. The second-order valence-corrected chi connectivity index (χ2v) is 6.74. The minimum Gasteiger partial charge on any atom is -0.503 e. The van der Waals surface area contributed by atoms with Crippen LogP contribution >= 0.6 is 0 Å². The van der Waals surface area contributed by atoms with E-state index >= 15 is 0 Å². The van der Waals surface area contributed by atoms with Crippen LogP contribution in [0.15, 0.2) is 30.3 Å². The van der Waals surface area contributed by atoms with Crippen LogP contribution in [-0.2, 0) is 4.79 Å². The van der Waals surface area contributed by atoms with Crippen molar-refractivity contribution in [3.8, 4) is 5.75 Å². The highest BCUT2D eigenvalue weighted by atomic mass is 19.1. The van der Waals surface area contributed by atoms with Crippen LogP contribution < -0.4 is 0 Å². The van der Waals surface area contributed by atoms with E-state index < -0.39 is 41.0 Å². The Morgan fingerprint density at radius 3 is 2.45 bits per heavy atom. The van der Waals surface area contributed by atoms with E-state index in [0.29, 0.717) is 6.42 Å². The first-order valence-corrected chi connectivity index (χ1v) is 8.93. The number of halogens is 3. The Kier molecular flexibility index (Phi) is 5.37. The van der Waals surface area contributed by atoms with Gasteiger partial charge in [-0.3, -0.25) is 14.2 Å². The molecule has 2 N–H and O–H groups in total. The summed E-state index contributed by atoms with van der Waals surface area (Å²) >= 11 is 0. The molecule has 0 spiro atoms. The van der Waals surface area contributed by atoms with Gasteiger partial charge in [-0.25, -0.2) is 13.2 Å². The van der Waals surface area contributed by atoms with Crippen LogP contribution in [0.4, 0.5) is 13.2 Å². The molecule has 0 saturated heterocycles. The van der Waals surface area contributed by atoms with Crippen molar-refractivity contribution in [3.05, 3.63) is 64.6 Å². The average molecular weight is 405 g/mol. The second kappa shape index (κ2) is 7.62. The molecule has 1 atom stereocenters. The Labute approximate surface area is 164 Å².